The molecule has 0 bridgehead atoms. The molecule has 2 N–H and O–H groups in total. The number of rotatable bonds is 0. The average molecular weight is 186 g/mol. The fourth-order valence-corrected chi connectivity index (χ4v) is 0.899. The summed E-state index contributed by atoms with van der Waals surface area (Å²) in [6.45, 7) is 2.00. The fourth-order valence-electron chi connectivity index (χ4n) is 0.899. The van der Waals surface area contributed by atoms with Crippen molar-refractivity contribution in [1.82, 2.24) is 4.98 Å². The third-order valence-electron chi connectivity index (χ3n) is 1.75. The van der Waals surface area contributed by atoms with Gasteiger partial charge in [0.15, 0.2) is 0 Å². The molecular formula is C12H14N2. The summed E-state index contributed by atoms with van der Waals surface area (Å²) in [5.41, 5.74) is 7.53. The van der Waals surface area contributed by atoms with Gasteiger partial charge in [0.05, 0.1) is 0 Å². The molecule has 1 aromatic carbocycles. The third-order valence-corrected chi connectivity index (χ3v) is 1.75. The number of anilines is 1. The molecule has 2 aromatic rings. The van der Waals surface area contributed by atoms with E-state index in [2.05, 4.69) is 4.98 Å². The Kier molecular flexibility index (Phi) is 4.21. The fraction of sp³-hybridized carbons (Fsp3) is 0.0833. The second kappa shape index (κ2) is 5.75. The second-order valence-electron chi connectivity index (χ2n) is 2.88. The van der Waals surface area contributed by atoms with Crippen LogP contribution >= 0.6 is 0 Å². The van der Waals surface area contributed by atoms with Crippen molar-refractivity contribution < 1.29 is 0 Å². The maximum absolute atomic E-state index is 5.52. The molecule has 2 rings (SSSR count). The van der Waals surface area contributed by atoms with Crippen LogP contribution in [-0.4, -0.2) is 4.98 Å². The summed E-state index contributed by atoms with van der Waals surface area (Å²) in [7, 11) is 0. The number of hydrogen-bond donors (Lipinski definition) is 1. The quantitative estimate of drug-likeness (QED) is 0.642. The van der Waals surface area contributed by atoms with Gasteiger partial charge in [-0.15, -0.1) is 0 Å². The minimum Gasteiger partial charge on any atom is -0.399 e. The molecule has 2 nitrogen and oxygen atoms in total. The van der Waals surface area contributed by atoms with E-state index in [1.807, 2.05) is 49.4 Å². The highest BCUT2D eigenvalue weighted by atomic mass is 14.6. The van der Waals surface area contributed by atoms with Crippen LogP contribution in [0.2, 0.25) is 0 Å². The van der Waals surface area contributed by atoms with Crippen molar-refractivity contribution in [2.75, 3.05) is 5.73 Å². The predicted octanol–water partition coefficient (Wildman–Crippen LogP) is 2.66. The largest absolute Gasteiger partial charge is 0.399 e. The van der Waals surface area contributed by atoms with Gasteiger partial charge in [0, 0.05) is 18.1 Å². The van der Waals surface area contributed by atoms with Crippen LogP contribution in [-0.2, 0) is 0 Å². The van der Waals surface area contributed by atoms with Gasteiger partial charge in [0.1, 0.15) is 0 Å². The van der Waals surface area contributed by atoms with Gasteiger partial charge in [-0.05, 0) is 30.7 Å². The molecule has 0 radical (unpaired) electrons. The molecule has 2 heteroatoms. The van der Waals surface area contributed by atoms with Crippen LogP contribution in [0.4, 0.5) is 5.69 Å². The van der Waals surface area contributed by atoms with E-state index in [1.165, 1.54) is 0 Å². The first-order valence-corrected chi connectivity index (χ1v) is 4.47. The number of para-hydroxylation sites is 1. The predicted molar refractivity (Wildman–Crippen MR) is 59.8 cm³/mol. The van der Waals surface area contributed by atoms with Gasteiger partial charge in [0.2, 0.25) is 0 Å². The van der Waals surface area contributed by atoms with E-state index in [0.717, 1.165) is 11.3 Å². The first-order chi connectivity index (χ1) is 6.80. The minimum absolute atomic E-state index is 0.868. The zero-order chi connectivity index (χ0) is 10.2. The topological polar surface area (TPSA) is 38.9 Å². The monoisotopic (exact) mass is 186 g/mol. The number of aryl methyl sites for hydroxylation is 1. The molecular weight excluding hydrogens is 172 g/mol. The number of aromatic nitrogens is 1. The number of pyridine rings is 1. The van der Waals surface area contributed by atoms with E-state index in [1.54, 1.807) is 12.4 Å². The smallest absolute Gasteiger partial charge is 0.0343 e. The molecule has 0 saturated carbocycles. The molecule has 0 spiro atoms. The lowest BCUT2D eigenvalue weighted by atomic mass is 10.2. The van der Waals surface area contributed by atoms with Crippen LogP contribution in [0.15, 0.2) is 54.9 Å². The summed E-state index contributed by atoms with van der Waals surface area (Å²) in [5, 5.41) is 0. The zero-order valence-electron chi connectivity index (χ0n) is 8.22. The summed E-state index contributed by atoms with van der Waals surface area (Å²) >= 11 is 0. The number of nitrogens with zero attached hydrogens (tertiary/aromatic N) is 1. The summed E-state index contributed by atoms with van der Waals surface area (Å²) in [5.74, 6) is 0. The molecule has 72 valence electrons. The molecule has 1 heterocycles. The molecule has 1 aromatic heterocycles. The number of benzene rings is 1. The van der Waals surface area contributed by atoms with Crippen LogP contribution in [0, 0.1) is 6.92 Å². The summed E-state index contributed by atoms with van der Waals surface area (Å²) in [6.07, 6.45) is 3.50. The first-order valence-electron chi connectivity index (χ1n) is 4.47. The molecule has 0 fully saturated rings. The van der Waals surface area contributed by atoms with Crippen molar-refractivity contribution >= 4 is 5.69 Å². The minimum atomic E-state index is 0.868. The Bertz CT molecular complexity index is 310. The van der Waals surface area contributed by atoms with E-state index >= 15 is 0 Å². The van der Waals surface area contributed by atoms with Crippen molar-refractivity contribution in [3.05, 3.63) is 60.4 Å². The van der Waals surface area contributed by atoms with Crippen molar-refractivity contribution in [3.63, 3.8) is 0 Å². The van der Waals surface area contributed by atoms with Gasteiger partial charge >= 0.3 is 0 Å². The highest BCUT2D eigenvalue weighted by Crippen LogP contribution is 2.06. The Morgan fingerprint density at radius 3 is 1.86 bits per heavy atom. The van der Waals surface area contributed by atoms with E-state index < -0.39 is 0 Å². The van der Waals surface area contributed by atoms with Gasteiger partial charge < -0.3 is 5.73 Å². The summed E-state index contributed by atoms with van der Waals surface area (Å²) in [4.78, 5) is 3.78. The van der Waals surface area contributed by atoms with E-state index in [-0.39, 0.29) is 0 Å². The first kappa shape index (κ1) is 10.3. The Morgan fingerprint density at radius 1 is 0.929 bits per heavy atom. The van der Waals surface area contributed by atoms with Crippen molar-refractivity contribution in [2.45, 2.75) is 6.92 Å². The molecule has 0 atom stereocenters. The molecule has 0 aliphatic heterocycles. The average Bonchev–Trinajstić information content (AvgIpc) is 2.26. The molecule has 0 amide bonds. The van der Waals surface area contributed by atoms with E-state index in [0.29, 0.717) is 0 Å². The number of hydrogen-bond acceptors (Lipinski definition) is 2. The van der Waals surface area contributed by atoms with Gasteiger partial charge in [-0.1, -0.05) is 24.3 Å². The zero-order valence-corrected chi connectivity index (χ0v) is 8.22. The maximum atomic E-state index is 5.52. The third kappa shape index (κ3) is 3.72. The van der Waals surface area contributed by atoms with Crippen LogP contribution in [0.25, 0.3) is 0 Å². The highest BCUT2D eigenvalue weighted by molar-refractivity contribution is 5.44. The second-order valence-corrected chi connectivity index (χ2v) is 2.88. The van der Waals surface area contributed by atoms with Gasteiger partial charge in [-0.2, -0.15) is 0 Å². The molecule has 0 saturated heterocycles. The van der Waals surface area contributed by atoms with Gasteiger partial charge in [0.25, 0.3) is 0 Å². The van der Waals surface area contributed by atoms with E-state index in [9.17, 15) is 0 Å². The Balaban J connectivity index is 0.000000146. The van der Waals surface area contributed by atoms with E-state index in [4.69, 9.17) is 5.73 Å². The van der Waals surface area contributed by atoms with Gasteiger partial charge in [-0.25, -0.2) is 0 Å². The lowest BCUT2D eigenvalue weighted by Gasteiger charge is -1.93. The van der Waals surface area contributed by atoms with Crippen LogP contribution in [0.1, 0.15) is 5.56 Å². The lowest BCUT2D eigenvalue weighted by molar-refractivity contribution is 1.33. The SMILES string of the molecule is Cc1ccccc1N.c1ccncc1. The van der Waals surface area contributed by atoms with Crippen molar-refractivity contribution in [2.24, 2.45) is 0 Å². The lowest BCUT2D eigenvalue weighted by Crippen LogP contribution is -1.85. The Hall–Kier alpha value is -1.83. The Labute approximate surface area is 84.4 Å². The normalized spacial score (nSPS) is 8.64. The van der Waals surface area contributed by atoms with Crippen molar-refractivity contribution in [1.29, 1.82) is 0 Å². The Morgan fingerprint density at radius 2 is 1.57 bits per heavy atom. The van der Waals surface area contributed by atoms with Crippen molar-refractivity contribution in [3.8, 4) is 0 Å². The van der Waals surface area contributed by atoms with Crippen LogP contribution in [0.3, 0.4) is 0 Å². The number of nitrogen functional groups attached to an aromatic ring is 1. The molecule has 0 aliphatic rings. The maximum Gasteiger partial charge on any atom is 0.0343 e. The molecule has 14 heavy (non-hydrogen) atoms. The number of nitrogens with two attached hydrogens (primary N) is 1. The summed E-state index contributed by atoms with van der Waals surface area (Å²) < 4.78 is 0. The summed E-state index contributed by atoms with van der Waals surface area (Å²) in [6, 6.07) is 13.5. The van der Waals surface area contributed by atoms with Gasteiger partial charge in [-0.3, -0.25) is 4.98 Å². The highest BCUT2D eigenvalue weighted by Gasteiger charge is 1.84. The van der Waals surface area contributed by atoms with Crippen LogP contribution in [0.5, 0.6) is 0 Å². The standard InChI is InChI=1S/C7H9N.C5H5N/c1-6-4-2-3-5-7(6)8;1-2-4-6-5-3-1/h2-5H,8H2,1H3;1-5H. The van der Waals surface area contributed by atoms with Crippen LogP contribution < -0.4 is 5.73 Å². The molecule has 0 aliphatic carbocycles. The molecule has 0 unspecified atom stereocenters.